The van der Waals surface area contributed by atoms with Gasteiger partial charge in [0.25, 0.3) is 0 Å². The van der Waals surface area contributed by atoms with Crippen LogP contribution in [0.15, 0.2) is 18.3 Å². The molecule has 4 nitrogen and oxygen atoms in total. The molecular weight excluding hydrogens is 265 g/mol. The molecule has 0 radical (unpaired) electrons. The van der Waals surface area contributed by atoms with E-state index in [-0.39, 0.29) is 11.6 Å². The molecule has 0 aliphatic heterocycles. The van der Waals surface area contributed by atoms with Crippen molar-refractivity contribution in [3.05, 3.63) is 33.9 Å². The van der Waals surface area contributed by atoms with Crippen LogP contribution in [-0.2, 0) is 11.3 Å². The van der Waals surface area contributed by atoms with E-state index in [0.717, 1.165) is 0 Å². The van der Waals surface area contributed by atoms with Crippen molar-refractivity contribution in [3.8, 4) is 0 Å². The standard InChI is InChI=1S/C11H7Cl2NO3/c12-8-2-1-7-6(5-15)3-14(4-9(16)17)11(7)10(8)13/h1-3,5H,4H2,(H,16,17). The van der Waals surface area contributed by atoms with Crippen LogP contribution in [-0.4, -0.2) is 21.9 Å². The number of benzene rings is 1. The van der Waals surface area contributed by atoms with Crippen molar-refractivity contribution in [3.63, 3.8) is 0 Å². The third-order valence-electron chi connectivity index (χ3n) is 2.39. The van der Waals surface area contributed by atoms with E-state index in [2.05, 4.69) is 0 Å². The fourth-order valence-corrected chi connectivity index (χ4v) is 2.15. The van der Waals surface area contributed by atoms with Crippen molar-refractivity contribution in [1.29, 1.82) is 0 Å². The van der Waals surface area contributed by atoms with Gasteiger partial charge in [-0.3, -0.25) is 9.59 Å². The molecule has 1 N–H and O–H groups in total. The predicted molar refractivity (Wildman–Crippen MR) is 65.0 cm³/mol. The number of halogens is 2. The molecule has 2 rings (SSSR count). The largest absolute Gasteiger partial charge is 0.480 e. The molecule has 1 aromatic heterocycles. The van der Waals surface area contributed by atoms with E-state index in [1.165, 1.54) is 10.8 Å². The Balaban J connectivity index is 2.79. The average molecular weight is 272 g/mol. The molecule has 0 saturated heterocycles. The lowest BCUT2D eigenvalue weighted by molar-refractivity contribution is -0.137. The Morgan fingerprint density at radius 1 is 1.41 bits per heavy atom. The molecule has 1 heterocycles. The Morgan fingerprint density at radius 2 is 2.12 bits per heavy atom. The third kappa shape index (κ3) is 2.01. The van der Waals surface area contributed by atoms with Crippen LogP contribution < -0.4 is 0 Å². The molecule has 17 heavy (non-hydrogen) atoms. The van der Waals surface area contributed by atoms with Crippen LogP contribution in [0.3, 0.4) is 0 Å². The van der Waals surface area contributed by atoms with Crippen molar-refractivity contribution in [1.82, 2.24) is 4.57 Å². The first-order chi connectivity index (χ1) is 8.04. The fraction of sp³-hybridized carbons (Fsp3) is 0.0909. The number of aldehydes is 1. The van der Waals surface area contributed by atoms with Crippen LogP contribution in [0.4, 0.5) is 0 Å². The number of aromatic nitrogens is 1. The van der Waals surface area contributed by atoms with E-state index >= 15 is 0 Å². The molecule has 0 saturated carbocycles. The summed E-state index contributed by atoms with van der Waals surface area (Å²) in [5.41, 5.74) is 0.850. The van der Waals surface area contributed by atoms with E-state index < -0.39 is 5.97 Å². The van der Waals surface area contributed by atoms with Gasteiger partial charge in [-0.05, 0) is 6.07 Å². The highest BCUT2D eigenvalue weighted by Gasteiger charge is 2.14. The second kappa shape index (κ2) is 4.39. The maximum atomic E-state index is 10.9. The molecule has 0 atom stereocenters. The monoisotopic (exact) mass is 271 g/mol. The number of hydrogen-bond acceptors (Lipinski definition) is 2. The third-order valence-corrected chi connectivity index (χ3v) is 3.19. The van der Waals surface area contributed by atoms with Crippen molar-refractivity contribution in [2.45, 2.75) is 6.54 Å². The second-order valence-electron chi connectivity index (χ2n) is 3.48. The smallest absolute Gasteiger partial charge is 0.323 e. The minimum Gasteiger partial charge on any atom is -0.480 e. The van der Waals surface area contributed by atoms with Gasteiger partial charge in [0, 0.05) is 17.1 Å². The zero-order valence-corrected chi connectivity index (χ0v) is 10.00. The van der Waals surface area contributed by atoms with Crippen LogP contribution in [0.5, 0.6) is 0 Å². The predicted octanol–water partition coefficient (Wildman–Crippen LogP) is 2.85. The summed E-state index contributed by atoms with van der Waals surface area (Å²) in [7, 11) is 0. The van der Waals surface area contributed by atoms with Gasteiger partial charge in [0.2, 0.25) is 0 Å². The first-order valence-electron chi connectivity index (χ1n) is 4.68. The normalized spacial score (nSPS) is 10.7. The zero-order valence-electron chi connectivity index (χ0n) is 8.48. The Kier molecular flexibility index (Phi) is 3.09. The Bertz CT molecular complexity index is 619. The van der Waals surface area contributed by atoms with Gasteiger partial charge in [0.05, 0.1) is 15.6 Å². The number of carbonyl (C=O) groups excluding carboxylic acids is 1. The van der Waals surface area contributed by atoms with Crippen LogP contribution >= 0.6 is 23.2 Å². The fourth-order valence-electron chi connectivity index (χ4n) is 1.72. The van der Waals surface area contributed by atoms with E-state index in [0.29, 0.717) is 27.8 Å². The Hall–Kier alpha value is -1.52. The molecular formula is C11H7Cl2NO3. The van der Waals surface area contributed by atoms with Crippen molar-refractivity contribution < 1.29 is 14.7 Å². The van der Waals surface area contributed by atoms with Gasteiger partial charge in [0.15, 0.2) is 6.29 Å². The maximum Gasteiger partial charge on any atom is 0.323 e. The molecule has 0 fully saturated rings. The molecule has 6 heteroatoms. The van der Waals surface area contributed by atoms with E-state index in [4.69, 9.17) is 28.3 Å². The van der Waals surface area contributed by atoms with Crippen molar-refractivity contribution in [2.75, 3.05) is 0 Å². The Morgan fingerprint density at radius 3 is 2.71 bits per heavy atom. The number of aliphatic carboxylic acids is 1. The topological polar surface area (TPSA) is 59.3 Å². The summed E-state index contributed by atoms with van der Waals surface area (Å²) in [6, 6.07) is 3.22. The summed E-state index contributed by atoms with van der Waals surface area (Å²) >= 11 is 11.9. The summed E-state index contributed by atoms with van der Waals surface area (Å²) in [5, 5.41) is 9.95. The lowest BCUT2D eigenvalue weighted by atomic mass is 10.2. The van der Waals surface area contributed by atoms with Crippen LogP contribution in [0.2, 0.25) is 10.0 Å². The SMILES string of the molecule is O=Cc1cn(CC(=O)O)c2c(Cl)c(Cl)ccc12. The minimum atomic E-state index is -1.02. The highest BCUT2D eigenvalue weighted by molar-refractivity contribution is 6.45. The number of nitrogens with zero attached hydrogens (tertiary/aromatic N) is 1. The molecule has 0 aliphatic carbocycles. The highest BCUT2D eigenvalue weighted by atomic mass is 35.5. The van der Waals surface area contributed by atoms with Gasteiger partial charge in [-0.25, -0.2) is 0 Å². The number of carboxylic acids is 1. The maximum absolute atomic E-state index is 10.9. The van der Waals surface area contributed by atoms with Crippen molar-refractivity contribution in [2.24, 2.45) is 0 Å². The van der Waals surface area contributed by atoms with Gasteiger partial charge >= 0.3 is 5.97 Å². The van der Waals surface area contributed by atoms with Gasteiger partial charge < -0.3 is 9.67 Å². The highest BCUT2D eigenvalue weighted by Crippen LogP contribution is 2.33. The number of fused-ring (bicyclic) bond motifs is 1. The summed E-state index contributed by atoms with van der Waals surface area (Å²) in [4.78, 5) is 21.6. The molecule has 0 unspecified atom stereocenters. The molecule has 2 aromatic rings. The van der Waals surface area contributed by atoms with Gasteiger partial charge in [0.1, 0.15) is 6.54 Å². The van der Waals surface area contributed by atoms with Gasteiger partial charge in [-0.15, -0.1) is 0 Å². The Labute approximate surface area is 106 Å². The molecule has 0 bridgehead atoms. The van der Waals surface area contributed by atoms with Crippen LogP contribution in [0, 0.1) is 0 Å². The summed E-state index contributed by atoms with van der Waals surface area (Å²) in [6.45, 7) is -0.273. The van der Waals surface area contributed by atoms with Gasteiger partial charge in [-0.1, -0.05) is 29.3 Å². The summed E-state index contributed by atoms with van der Waals surface area (Å²) in [5.74, 6) is -1.02. The molecule has 0 amide bonds. The summed E-state index contributed by atoms with van der Waals surface area (Å²) < 4.78 is 1.40. The first kappa shape index (κ1) is 12.0. The first-order valence-corrected chi connectivity index (χ1v) is 5.44. The lowest BCUT2D eigenvalue weighted by Crippen LogP contribution is -2.07. The molecule has 0 aliphatic rings. The molecule has 88 valence electrons. The summed E-state index contributed by atoms with van der Waals surface area (Å²) in [6.07, 6.45) is 2.11. The minimum absolute atomic E-state index is 0.249. The van der Waals surface area contributed by atoms with E-state index in [1.54, 1.807) is 12.1 Å². The second-order valence-corrected chi connectivity index (χ2v) is 4.27. The molecule has 1 aromatic carbocycles. The van der Waals surface area contributed by atoms with Crippen molar-refractivity contribution >= 4 is 46.4 Å². The van der Waals surface area contributed by atoms with Crippen LogP contribution in [0.1, 0.15) is 10.4 Å². The zero-order chi connectivity index (χ0) is 12.6. The lowest BCUT2D eigenvalue weighted by Gasteiger charge is -2.04. The number of carboxylic acid groups (broad SMARTS) is 1. The van der Waals surface area contributed by atoms with E-state index in [1.807, 2.05) is 0 Å². The van der Waals surface area contributed by atoms with E-state index in [9.17, 15) is 9.59 Å². The quantitative estimate of drug-likeness (QED) is 0.874. The number of rotatable bonds is 3. The van der Waals surface area contributed by atoms with Crippen LogP contribution in [0.25, 0.3) is 10.9 Å². The van der Waals surface area contributed by atoms with Gasteiger partial charge in [-0.2, -0.15) is 0 Å². The average Bonchev–Trinajstić information content (AvgIpc) is 2.61. The number of carbonyl (C=O) groups is 2. The molecule has 0 spiro atoms. The number of hydrogen-bond donors (Lipinski definition) is 1.